The van der Waals surface area contributed by atoms with Crippen molar-refractivity contribution in [3.63, 3.8) is 0 Å². The molecule has 0 saturated carbocycles. The third kappa shape index (κ3) is 3.27. The highest BCUT2D eigenvalue weighted by atomic mass is 19.1. The zero-order valence-electron chi connectivity index (χ0n) is 15.7. The molecule has 0 amide bonds. The maximum Gasteiger partial charge on any atom is 0.187 e. The zero-order chi connectivity index (χ0) is 19.7. The molecule has 0 fully saturated rings. The van der Waals surface area contributed by atoms with Crippen LogP contribution in [-0.2, 0) is 0 Å². The second kappa shape index (κ2) is 7.69. The number of anilines is 1. The van der Waals surface area contributed by atoms with E-state index in [1.807, 2.05) is 0 Å². The first-order valence-corrected chi connectivity index (χ1v) is 9.54. The van der Waals surface area contributed by atoms with Crippen molar-refractivity contribution >= 4 is 22.4 Å². The first-order valence-electron chi connectivity index (χ1n) is 9.54. The molecule has 2 unspecified atom stereocenters. The van der Waals surface area contributed by atoms with Gasteiger partial charge in [-0.15, -0.1) is 0 Å². The number of rotatable bonds is 6. The van der Waals surface area contributed by atoms with Crippen molar-refractivity contribution in [1.82, 2.24) is 14.9 Å². The molecule has 6 nitrogen and oxygen atoms in total. The number of carbonyl (C=O) groups excluding carboxylic acids is 1. The van der Waals surface area contributed by atoms with Gasteiger partial charge in [0.05, 0.1) is 22.7 Å². The van der Waals surface area contributed by atoms with E-state index >= 15 is 0 Å². The Hall–Kier alpha value is -2.77. The minimum atomic E-state index is -0.859. The molecule has 0 bridgehead atoms. The van der Waals surface area contributed by atoms with Gasteiger partial charge in [-0.25, -0.2) is 4.39 Å². The zero-order valence-corrected chi connectivity index (χ0v) is 15.7. The van der Waals surface area contributed by atoms with Crippen molar-refractivity contribution in [3.8, 4) is 0 Å². The number of hydrogen-bond acceptors (Lipinski definition) is 5. The Morgan fingerprint density at radius 3 is 3.00 bits per heavy atom. The summed E-state index contributed by atoms with van der Waals surface area (Å²) in [5, 5.41) is 17.4. The van der Waals surface area contributed by atoms with Crippen molar-refractivity contribution < 1.29 is 14.3 Å². The second-order valence-electron chi connectivity index (χ2n) is 7.05. The molecule has 1 aliphatic rings. The van der Waals surface area contributed by atoms with Gasteiger partial charge in [-0.1, -0.05) is 31.5 Å². The van der Waals surface area contributed by atoms with E-state index in [2.05, 4.69) is 22.5 Å². The highest BCUT2D eigenvalue weighted by molar-refractivity contribution is 6.12. The standard InChI is InChI=1S/C21H23FN4O2/c1-2-3-8-23-21(28)26-11-16-18(12-26)24-10-15-19(16)25-9-14(20(15)27)13-6-4-5-7-17(13)22/h4-7,10-12,14,21,23,25,28H,2-3,8-9H2,1H3. The predicted octanol–water partition coefficient (Wildman–Crippen LogP) is 3.41. The number of hydrogen-bond donors (Lipinski definition) is 3. The van der Waals surface area contributed by atoms with Crippen LogP contribution < -0.4 is 10.6 Å². The molecule has 4 rings (SSSR count). The van der Waals surface area contributed by atoms with Crippen LogP contribution in [0.4, 0.5) is 10.1 Å². The SMILES string of the molecule is CCCCNC(O)n1cc2ncc3c(c2c1)NCC(c1ccccc1F)C3=O. The number of aliphatic hydroxyl groups is 1. The minimum Gasteiger partial charge on any atom is -0.383 e. The van der Waals surface area contributed by atoms with Crippen LogP contribution in [0.2, 0.25) is 0 Å². The van der Waals surface area contributed by atoms with Gasteiger partial charge in [0.25, 0.3) is 0 Å². The van der Waals surface area contributed by atoms with Gasteiger partial charge in [-0.05, 0) is 19.0 Å². The first kappa shape index (κ1) is 18.6. The van der Waals surface area contributed by atoms with Gasteiger partial charge in [-0.3, -0.25) is 15.1 Å². The van der Waals surface area contributed by atoms with Gasteiger partial charge >= 0.3 is 0 Å². The molecule has 3 N–H and O–H groups in total. The smallest absolute Gasteiger partial charge is 0.187 e. The summed E-state index contributed by atoms with van der Waals surface area (Å²) in [6.07, 6.45) is 6.20. The van der Waals surface area contributed by atoms with E-state index in [0.717, 1.165) is 18.2 Å². The number of halogens is 1. The topological polar surface area (TPSA) is 79.2 Å². The highest BCUT2D eigenvalue weighted by Gasteiger charge is 2.32. The fourth-order valence-corrected chi connectivity index (χ4v) is 3.63. The van der Waals surface area contributed by atoms with Crippen LogP contribution in [0.5, 0.6) is 0 Å². The van der Waals surface area contributed by atoms with Gasteiger partial charge < -0.3 is 15.0 Å². The number of nitrogens with zero attached hydrogens (tertiary/aromatic N) is 2. The average Bonchev–Trinajstić information content (AvgIpc) is 3.14. The van der Waals surface area contributed by atoms with Crippen molar-refractivity contribution in [2.24, 2.45) is 0 Å². The molecule has 0 spiro atoms. The Labute approximate surface area is 162 Å². The van der Waals surface area contributed by atoms with Crippen LogP contribution in [0, 0.1) is 5.82 Å². The molecule has 28 heavy (non-hydrogen) atoms. The van der Waals surface area contributed by atoms with Crippen LogP contribution in [0.25, 0.3) is 10.9 Å². The summed E-state index contributed by atoms with van der Waals surface area (Å²) in [6.45, 7) is 3.11. The number of aromatic nitrogens is 2. The number of carbonyl (C=O) groups is 1. The van der Waals surface area contributed by atoms with E-state index in [9.17, 15) is 14.3 Å². The van der Waals surface area contributed by atoms with Crippen LogP contribution in [0.15, 0.2) is 42.9 Å². The largest absolute Gasteiger partial charge is 0.383 e. The summed E-state index contributed by atoms with van der Waals surface area (Å²) in [5.41, 5.74) is 2.19. The van der Waals surface area contributed by atoms with E-state index in [4.69, 9.17) is 0 Å². The monoisotopic (exact) mass is 382 g/mol. The number of aliphatic hydroxyl groups excluding tert-OH is 1. The Kier molecular flexibility index (Phi) is 5.11. The van der Waals surface area contributed by atoms with Gasteiger partial charge in [0.15, 0.2) is 12.1 Å². The number of benzene rings is 1. The van der Waals surface area contributed by atoms with Crippen LogP contribution in [0.1, 0.15) is 48.0 Å². The molecule has 146 valence electrons. The molecule has 3 heterocycles. The summed E-state index contributed by atoms with van der Waals surface area (Å²) in [5.74, 6) is -1.12. The lowest BCUT2D eigenvalue weighted by atomic mass is 9.87. The summed E-state index contributed by atoms with van der Waals surface area (Å²) in [7, 11) is 0. The molecule has 0 saturated heterocycles. The lowest BCUT2D eigenvalue weighted by molar-refractivity contribution is 0.0683. The number of ketones is 1. The van der Waals surface area contributed by atoms with Crippen molar-refractivity contribution in [2.75, 3.05) is 18.4 Å². The van der Waals surface area contributed by atoms with E-state index < -0.39 is 12.3 Å². The van der Waals surface area contributed by atoms with Gasteiger partial charge in [0, 0.05) is 36.1 Å². The van der Waals surface area contributed by atoms with Crippen LogP contribution in [0.3, 0.4) is 0 Å². The van der Waals surface area contributed by atoms with Crippen molar-refractivity contribution in [3.05, 3.63) is 59.8 Å². The number of Topliss-reactive ketones (excluding diaryl/α,β-unsaturated/α-hetero) is 1. The number of pyridine rings is 1. The molecule has 1 aliphatic heterocycles. The quantitative estimate of drug-likeness (QED) is 0.450. The van der Waals surface area contributed by atoms with E-state index in [0.29, 0.717) is 35.4 Å². The van der Waals surface area contributed by atoms with E-state index in [1.54, 1.807) is 35.2 Å². The fraction of sp³-hybridized carbons (Fsp3) is 0.333. The van der Waals surface area contributed by atoms with Crippen LogP contribution >= 0.6 is 0 Å². The predicted molar refractivity (Wildman–Crippen MR) is 106 cm³/mol. The molecule has 0 radical (unpaired) electrons. The molecule has 2 atom stereocenters. The molecule has 7 heteroatoms. The summed E-state index contributed by atoms with van der Waals surface area (Å²) >= 11 is 0. The third-order valence-electron chi connectivity index (χ3n) is 5.18. The van der Waals surface area contributed by atoms with E-state index in [-0.39, 0.29) is 11.6 Å². The van der Waals surface area contributed by atoms with Crippen LogP contribution in [-0.4, -0.2) is 33.5 Å². The Bertz CT molecular complexity index is 1020. The van der Waals surface area contributed by atoms with E-state index in [1.165, 1.54) is 12.3 Å². The molecule has 2 aromatic heterocycles. The number of fused-ring (bicyclic) bond motifs is 3. The summed E-state index contributed by atoms with van der Waals surface area (Å²) in [6, 6.07) is 6.36. The summed E-state index contributed by atoms with van der Waals surface area (Å²) < 4.78 is 15.8. The fourth-order valence-electron chi connectivity index (χ4n) is 3.63. The Morgan fingerprint density at radius 2 is 2.21 bits per heavy atom. The number of nitrogens with one attached hydrogen (secondary N) is 2. The molecule has 3 aromatic rings. The average molecular weight is 382 g/mol. The first-order chi connectivity index (χ1) is 13.6. The maximum atomic E-state index is 14.2. The maximum absolute atomic E-state index is 14.2. The second-order valence-corrected chi connectivity index (χ2v) is 7.05. The van der Waals surface area contributed by atoms with Gasteiger partial charge in [-0.2, -0.15) is 0 Å². The van der Waals surface area contributed by atoms with Crippen molar-refractivity contribution in [1.29, 1.82) is 0 Å². The number of unbranched alkanes of at least 4 members (excludes halogenated alkanes) is 1. The highest BCUT2D eigenvalue weighted by Crippen LogP contribution is 2.36. The molecule has 0 aliphatic carbocycles. The lowest BCUT2D eigenvalue weighted by Gasteiger charge is -2.25. The Balaban J connectivity index is 1.65. The molecule has 1 aromatic carbocycles. The summed E-state index contributed by atoms with van der Waals surface area (Å²) in [4.78, 5) is 17.4. The van der Waals surface area contributed by atoms with Crippen molar-refractivity contribution in [2.45, 2.75) is 32.0 Å². The van der Waals surface area contributed by atoms with Gasteiger partial charge in [0.2, 0.25) is 0 Å². The Morgan fingerprint density at radius 1 is 1.39 bits per heavy atom. The molecular weight excluding hydrogens is 359 g/mol. The normalized spacial score (nSPS) is 17.4. The molecular formula is C21H23FN4O2. The third-order valence-corrected chi connectivity index (χ3v) is 5.18. The van der Waals surface area contributed by atoms with Gasteiger partial charge in [0.1, 0.15) is 5.82 Å². The minimum absolute atomic E-state index is 0.150. The lowest BCUT2D eigenvalue weighted by Crippen LogP contribution is -2.28.